The van der Waals surface area contributed by atoms with Crippen molar-refractivity contribution < 1.29 is 124 Å². The van der Waals surface area contributed by atoms with Crippen molar-refractivity contribution in [2.75, 3.05) is 59.5 Å². The fourth-order valence-electron chi connectivity index (χ4n) is 6.91. The third kappa shape index (κ3) is 25.2. The van der Waals surface area contributed by atoms with Crippen LogP contribution in [0.25, 0.3) is 32.7 Å². The summed E-state index contributed by atoms with van der Waals surface area (Å²) in [4.78, 5) is 68.7. The van der Waals surface area contributed by atoms with Crippen molar-refractivity contribution in [3.05, 3.63) is 89.9 Å². The van der Waals surface area contributed by atoms with E-state index in [4.69, 9.17) is 18.9 Å². The quantitative estimate of drug-likeness (QED) is 0.0330. The summed E-state index contributed by atoms with van der Waals surface area (Å²) in [5.74, 6) is 0.540. The second kappa shape index (κ2) is 39.2. The number of fused-ring (bicyclic) bond motifs is 3. The number of aliphatic carboxylic acids is 1. The summed E-state index contributed by atoms with van der Waals surface area (Å²) in [6, 6.07) is 17.1. The van der Waals surface area contributed by atoms with Gasteiger partial charge in [0, 0.05) is 93.1 Å². The predicted molar refractivity (Wildman–Crippen MR) is 287 cm³/mol. The maximum atomic E-state index is 11.8. The molecular formula is C49H70BrN6Na2O13PS. The van der Waals surface area contributed by atoms with Crippen LogP contribution in [0.2, 0.25) is 0 Å². The molecule has 0 aliphatic rings. The first-order valence-electron chi connectivity index (χ1n) is 21.8. The summed E-state index contributed by atoms with van der Waals surface area (Å²) in [5.41, 5.74) is 6.03. The van der Waals surface area contributed by atoms with E-state index in [9.17, 15) is 33.9 Å². The second-order valence-electron chi connectivity index (χ2n) is 14.9. The number of halogens is 1. The van der Waals surface area contributed by atoms with E-state index in [-0.39, 0.29) is 132 Å². The Morgan fingerprint density at radius 2 is 1.00 bits per heavy atom. The maximum absolute atomic E-state index is 11.8. The van der Waals surface area contributed by atoms with Gasteiger partial charge in [-0.15, -0.1) is 0 Å². The number of hydrogen-bond donors (Lipinski definition) is 4. The Morgan fingerprint density at radius 3 is 1.37 bits per heavy atom. The number of carboxylic acid groups (broad SMARTS) is 1. The summed E-state index contributed by atoms with van der Waals surface area (Å²) in [6.45, 7) is 10.5. The summed E-state index contributed by atoms with van der Waals surface area (Å²) in [6.07, 6.45) is 7.80. The Balaban J connectivity index is -0.000000452. The first kappa shape index (κ1) is 73.0. The average Bonchev–Trinajstić information content (AvgIpc) is 3.98. The molecule has 1 atom stereocenters. The molecule has 0 saturated heterocycles. The van der Waals surface area contributed by atoms with Gasteiger partial charge in [-0.2, -0.15) is 23.4 Å². The number of aromatic amines is 1. The number of H-pyrrole nitrogens is 1. The molecule has 0 aliphatic heterocycles. The fourth-order valence-corrected chi connectivity index (χ4v) is 7.07. The number of alkyl halides is 1. The molecule has 0 spiro atoms. The van der Waals surface area contributed by atoms with Crippen LogP contribution in [0.1, 0.15) is 52.7 Å². The Morgan fingerprint density at radius 1 is 0.616 bits per heavy atom. The van der Waals surface area contributed by atoms with E-state index in [1.165, 1.54) is 26.3 Å². The summed E-state index contributed by atoms with van der Waals surface area (Å²) in [7, 11) is 4.86. The number of carbonyl (C=O) groups excluding carboxylic acids is 6. The third-order valence-electron chi connectivity index (χ3n) is 9.94. The molecule has 0 aliphatic carbocycles. The number of esters is 2. The minimum absolute atomic E-state index is 0. The molecule has 0 bridgehead atoms. The molecule has 24 heteroatoms. The van der Waals surface area contributed by atoms with Gasteiger partial charge in [-0.3, -0.25) is 24.0 Å². The third-order valence-corrected chi connectivity index (χ3v) is 10.4. The molecule has 3 aromatic heterocycles. The van der Waals surface area contributed by atoms with Crippen LogP contribution in [-0.4, -0.2) is 115 Å². The van der Waals surface area contributed by atoms with Crippen LogP contribution in [0.5, 0.6) is 17.2 Å². The minimum Gasteiger partial charge on any atom is -0.870 e. The number of benzene rings is 3. The normalized spacial score (nSPS) is 9.60. The number of carbonyl (C=O) groups is 6. The number of methoxy groups -OCH3 is 3. The van der Waals surface area contributed by atoms with Crippen LogP contribution >= 0.6 is 39.3 Å². The predicted octanol–water partition coefficient (Wildman–Crippen LogP) is -0.982. The van der Waals surface area contributed by atoms with Crippen molar-refractivity contribution in [3.63, 3.8) is 0 Å². The van der Waals surface area contributed by atoms with Gasteiger partial charge in [0.25, 0.3) is 0 Å². The zero-order valence-corrected chi connectivity index (χ0v) is 51.5. The molecule has 3 amide bonds. The number of rotatable bonds is 19. The van der Waals surface area contributed by atoms with Crippen molar-refractivity contribution in [2.24, 2.45) is 0 Å². The number of ether oxygens (including phenoxy) is 5. The van der Waals surface area contributed by atoms with Crippen LogP contribution in [-0.2, 0) is 70.6 Å². The number of carboxylic acids is 1. The van der Waals surface area contributed by atoms with Crippen LogP contribution in [0, 0.1) is 0 Å². The molecule has 19 nitrogen and oxygen atoms in total. The number of hydrogen-bond acceptors (Lipinski definition) is 13. The molecule has 0 fully saturated rings. The van der Waals surface area contributed by atoms with E-state index >= 15 is 0 Å². The van der Waals surface area contributed by atoms with E-state index in [0.29, 0.717) is 56.8 Å². The summed E-state index contributed by atoms with van der Waals surface area (Å²) < 4.78 is 28.7. The van der Waals surface area contributed by atoms with Gasteiger partial charge >= 0.3 is 71.1 Å². The summed E-state index contributed by atoms with van der Waals surface area (Å²) in [5, 5.41) is 22.5. The van der Waals surface area contributed by atoms with Gasteiger partial charge < -0.3 is 69.1 Å². The Bertz CT molecular complexity index is 2660. The molecule has 6 aromatic rings. The van der Waals surface area contributed by atoms with Gasteiger partial charge in [-0.05, 0) is 104 Å². The molecule has 394 valence electrons. The maximum Gasteiger partial charge on any atom is 1.00 e. The molecular weight excluding hydrogens is 1070 g/mol. The topological polar surface area (TPSA) is 263 Å². The largest absolute Gasteiger partial charge is 1.00 e. The molecule has 3 aromatic carbocycles. The zero-order valence-electron chi connectivity index (χ0n) is 43.5. The van der Waals surface area contributed by atoms with E-state index in [1.807, 2.05) is 65.5 Å². The van der Waals surface area contributed by atoms with Crippen molar-refractivity contribution in [2.45, 2.75) is 67.0 Å². The van der Waals surface area contributed by atoms with E-state index < -0.39 is 5.97 Å². The molecule has 0 radical (unpaired) electrons. The van der Waals surface area contributed by atoms with Gasteiger partial charge in [0.2, 0.25) is 17.7 Å². The number of amides is 3. The molecule has 0 saturated carbocycles. The minimum atomic E-state index is -1.14. The van der Waals surface area contributed by atoms with E-state index in [2.05, 4.69) is 41.6 Å². The standard InChI is InChI=1S/C17H22N2O4.C15H18N2O4.C13H16N2O2.C4H7BrO2.2Na.H2O.H3P.H2S.H2/c1-4-23-17(21)11-19-10-13(7-8-18-12(2)20)15-9-14(22-3)5-6-16(15)19;1-10(18)16-6-5-11-8-17(9-15(19)20)14-4-3-12(21-2)7-13(11)14;1-9(16)14-6-5-10-8-15-13-4-3-11(17-2)7-12(10)13;1-2-7-4(6)3-5;;;;;;/h5-6,9-10H,4,7-8,11H2,1-3H3,(H,18,20);3-4,7-8H,5-6,9H2,1-2H3,(H,16,18)(H,19,20);3-4,7-8,15H,5-6H2,1-2H3,(H,14,16);2-3H2,1H3;;;1H2;1H3;1H2;1H/q;;;;2*+1;;;;/p-2. The smallest absolute Gasteiger partial charge is 0.870 e. The number of aromatic nitrogens is 3. The molecule has 1 unspecified atom stereocenters. The SMILES string of the molecule is CCOC(=O)CBr.CCOC(=O)Cn1cc(CCNC(C)=O)c2cc(OC)ccc21.COc1ccc2[nH]cc(CCNC(C)=O)c2c1.COc1ccc2c(c1)c(CCNC(C)=O)cn2CC(=O)[O-].P.S.[HH].[Na+].[Na+].[OH-]. The fraction of sp³-hybridized carbons (Fsp3) is 0.388. The number of nitrogens with zero attached hydrogens (tertiary/aromatic N) is 2. The zero-order chi connectivity index (χ0) is 50.2. The van der Waals surface area contributed by atoms with Crippen molar-refractivity contribution in [1.29, 1.82) is 0 Å². The molecule has 3 heterocycles. The van der Waals surface area contributed by atoms with Crippen LogP contribution < -0.4 is 94.4 Å². The first-order chi connectivity index (χ1) is 32.6. The van der Waals surface area contributed by atoms with Crippen molar-refractivity contribution >= 4 is 108 Å². The van der Waals surface area contributed by atoms with Gasteiger partial charge in [0.1, 0.15) is 29.1 Å². The molecule has 6 rings (SSSR count). The monoisotopic (exact) mass is 1140 g/mol. The van der Waals surface area contributed by atoms with E-state index in [1.54, 1.807) is 52.0 Å². The van der Waals surface area contributed by atoms with Gasteiger partial charge in [-0.25, -0.2) is 0 Å². The van der Waals surface area contributed by atoms with Crippen molar-refractivity contribution in [3.8, 4) is 17.2 Å². The molecule has 5 N–H and O–H groups in total. The second-order valence-corrected chi connectivity index (χ2v) is 15.4. The van der Waals surface area contributed by atoms with Gasteiger partial charge in [-0.1, -0.05) is 15.9 Å². The Labute approximate surface area is 490 Å². The van der Waals surface area contributed by atoms with Crippen LogP contribution in [0.4, 0.5) is 0 Å². The Hall–Kier alpha value is -4.28. The van der Waals surface area contributed by atoms with Crippen LogP contribution in [0.15, 0.2) is 73.2 Å². The van der Waals surface area contributed by atoms with Gasteiger partial charge in [0.15, 0.2) is 0 Å². The van der Waals surface area contributed by atoms with Gasteiger partial charge in [0.05, 0.1) is 47.1 Å². The summed E-state index contributed by atoms with van der Waals surface area (Å²) >= 11 is 2.94. The van der Waals surface area contributed by atoms with Crippen LogP contribution in [0.3, 0.4) is 0 Å². The first-order valence-corrected chi connectivity index (χ1v) is 23.0. The van der Waals surface area contributed by atoms with E-state index in [0.717, 1.165) is 61.8 Å². The average molecular weight is 1140 g/mol. The van der Waals surface area contributed by atoms with Crippen molar-refractivity contribution in [1.82, 2.24) is 30.1 Å². The Kier molecular flexibility index (Phi) is 39.2. The number of nitrogens with one attached hydrogen (secondary N) is 4. The molecule has 73 heavy (non-hydrogen) atoms.